The Balaban J connectivity index is 1.60. The summed E-state index contributed by atoms with van der Waals surface area (Å²) in [6.07, 6.45) is 0. The lowest BCUT2D eigenvalue weighted by Crippen LogP contribution is -2.15. The van der Waals surface area contributed by atoms with Gasteiger partial charge in [0.15, 0.2) is 11.0 Å². The van der Waals surface area contributed by atoms with Crippen molar-refractivity contribution < 1.29 is 9.53 Å². The van der Waals surface area contributed by atoms with Gasteiger partial charge in [0.1, 0.15) is 5.75 Å². The molecule has 0 aliphatic heterocycles. The number of anilines is 1. The van der Waals surface area contributed by atoms with Crippen LogP contribution in [0.4, 0.5) is 5.69 Å². The zero-order valence-electron chi connectivity index (χ0n) is 17.6. The summed E-state index contributed by atoms with van der Waals surface area (Å²) < 4.78 is 8.29. The molecule has 32 heavy (non-hydrogen) atoms. The summed E-state index contributed by atoms with van der Waals surface area (Å²) in [5.74, 6) is 1.52. The summed E-state index contributed by atoms with van der Waals surface area (Å²) in [4.78, 5) is 12.6. The number of para-hydroxylation sites is 1. The third kappa shape index (κ3) is 5.03. The fraction of sp³-hybridized carbons (Fsp3) is 0.125. The molecular weight excluding hydrogens is 488 g/mol. The summed E-state index contributed by atoms with van der Waals surface area (Å²) in [6, 6.07) is 23.3. The molecule has 0 aliphatic carbocycles. The molecule has 0 fully saturated rings. The number of aromatic nitrogens is 3. The number of nitrogens with zero attached hydrogens (tertiary/aromatic N) is 3. The van der Waals surface area contributed by atoms with Gasteiger partial charge in [-0.1, -0.05) is 58.0 Å². The highest BCUT2D eigenvalue weighted by molar-refractivity contribution is 9.10. The molecule has 0 bridgehead atoms. The van der Waals surface area contributed by atoms with Crippen LogP contribution in [0.5, 0.6) is 5.75 Å². The van der Waals surface area contributed by atoms with Crippen molar-refractivity contribution in [1.82, 2.24) is 14.8 Å². The van der Waals surface area contributed by atoms with Crippen molar-refractivity contribution in [3.05, 3.63) is 82.8 Å². The minimum Gasteiger partial charge on any atom is -0.497 e. The Kier molecular flexibility index (Phi) is 6.92. The first-order valence-corrected chi connectivity index (χ1v) is 11.7. The summed E-state index contributed by atoms with van der Waals surface area (Å²) >= 11 is 4.78. The van der Waals surface area contributed by atoms with Gasteiger partial charge in [-0.3, -0.25) is 9.36 Å². The van der Waals surface area contributed by atoms with Gasteiger partial charge in [0.25, 0.3) is 0 Å². The van der Waals surface area contributed by atoms with Gasteiger partial charge in [-0.25, -0.2) is 0 Å². The number of hydrogen-bond acceptors (Lipinski definition) is 5. The number of ether oxygens (including phenoxy) is 1. The van der Waals surface area contributed by atoms with E-state index in [9.17, 15) is 4.79 Å². The Labute approximate surface area is 199 Å². The van der Waals surface area contributed by atoms with E-state index in [0.717, 1.165) is 32.7 Å². The fourth-order valence-corrected chi connectivity index (χ4v) is 4.43. The Morgan fingerprint density at radius 3 is 2.62 bits per heavy atom. The molecule has 0 spiro atoms. The molecule has 4 rings (SSSR count). The van der Waals surface area contributed by atoms with Crippen LogP contribution in [0.15, 0.2) is 82.4 Å². The molecule has 0 atom stereocenters. The molecule has 3 aromatic carbocycles. The van der Waals surface area contributed by atoms with E-state index in [0.29, 0.717) is 11.0 Å². The topological polar surface area (TPSA) is 69.0 Å². The lowest BCUT2D eigenvalue weighted by atomic mass is 10.2. The standard InChI is InChI=1S/C24H21BrN4O2S/c1-16-13-18(25)11-12-21(16)26-22(30)15-32-24-28-27-23(17-7-6-10-20(14-17)31-2)29(24)19-8-4-3-5-9-19/h3-14H,15H2,1-2H3,(H,26,30). The fourth-order valence-electron chi connectivity index (χ4n) is 3.21. The highest BCUT2D eigenvalue weighted by Gasteiger charge is 2.18. The zero-order valence-corrected chi connectivity index (χ0v) is 20.0. The first-order chi connectivity index (χ1) is 15.5. The van der Waals surface area contributed by atoms with Crippen molar-refractivity contribution in [3.63, 3.8) is 0 Å². The van der Waals surface area contributed by atoms with Gasteiger partial charge in [-0.15, -0.1) is 10.2 Å². The number of hydrogen-bond donors (Lipinski definition) is 1. The van der Waals surface area contributed by atoms with Crippen LogP contribution in [0.25, 0.3) is 17.1 Å². The number of aryl methyl sites for hydroxylation is 1. The Morgan fingerprint density at radius 1 is 1.06 bits per heavy atom. The number of amides is 1. The molecular formula is C24H21BrN4O2S. The second-order valence-corrected chi connectivity index (χ2v) is 8.86. The summed E-state index contributed by atoms with van der Waals surface area (Å²) in [5.41, 5.74) is 3.58. The van der Waals surface area contributed by atoms with Crippen molar-refractivity contribution >= 4 is 39.3 Å². The molecule has 6 nitrogen and oxygen atoms in total. The smallest absolute Gasteiger partial charge is 0.234 e. The Morgan fingerprint density at radius 2 is 1.88 bits per heavy atom. The van der Waals surface area contributed by atoms with E-state index in [1.165, 1.54) is 11.8 Å². The summed E-state index contributed by atoms with van der Waals surface area (Å²) in [7, 11) is 1.63. The molecule has 1 aromatic heterocycles. The number of halogens is 1. The number of nitrogens with one attached hydrogen (secondary N) is 1. The summed E-state index contributed by atoms with van der Waals surface area (Å²) in [5, 5.41) is 12.4. The number of rotatable bonds is 7. The van der Waals surface area contributed by atoms with E-state index in [4.69, 9.17) is 4.74 Å². The van der Waals surface area contributed by atoms with E-state index < -0.39 is 0 Å². The normalized spacial score (nSPS) is 10.7. The minimum absolute atomic E-state index is 0.106. The van der Waals surface area contributed by atoms with Crippen molar-refractivity contribution in [2.45, 2.75) is 12.1 Å². The van der Waals surface area contributed by atoms with Gasteiger partial charge in [0.05, 0.1) is 12.9 Å². The van der Waals surface area contributed by atoms with Crippen LogP contribution < -0.4 is 10.1 Å². The molecule has 0 saturated carbocycles. The second kappa shape index (κ2) is 10.0. The molecule has 0 radical (unpaired) electrons. The predicted octanol–water partition coefficient (Wildman–Crippen LogP) is 5.74. The lowest BCUT2D eigenvalue weighted by molar-refractivity contribution is -0.113. The first-order valence-electron chi connectivity index (χ1n) is 9.89. The first kappa shape index (κ1) is 22.1. The number of benzene rings is 3. The number of carbonyl (C=O) groups excluding carboxylic acids is 1. The maximum absolute atomic E-state index is 12.6. The van der Waals surface area contributed by atoms with Crippen LogP contribution in [0, 0.1) is 6.92 Å². The van der Waals surface area contributed by atoms with Crippen molar-refractivity contribution in [2.75, 3.05) is 18.2 Å². The average molecular weight is 509 g/mol. The minimum atomic E-state index is -0.106. The lowest BCUT2D eigenvalue weighted by Gasteiger charge is -2.11. The monoisotopic (exact) mass is 508 g/mol. The van der Waals surface area contributed by atoms with E-state index in [2.05, 4.69) is 31.4 Å². The Hall–Kier alpha value is -3.10. The molecule has 1 N–H and O–H groups in total. The largest absolute Gasteiger partial charge is 0.497 e. The highest BCUT2D eigenvalue weighted by Crippen LogP contribution is 2.30. The maximum Gasteiger partial charge on any atom is 0.234 e. The van der Waals surface area contributed by atoms with Crippen LogP contribution >= 0.6 is 27.7 Å². The molecule has 8 heteroatoms. The van der Waals surface area contributed by atoms with Crippen LogP contribution in [-0.4, -0.2) is 33.5 Å². The average Bonchev–Trinajstić information content (AvgIpc) is 3.24. The SMILES string of the molecule is COc1cccc(-c2nnc(SCC(=O)Nc3ccc(Br)cc3C)n2-c2ccccc2)c1. The van der Waals surface area contributed by atoms with Gasteiger partial charge >= 0.3 is 0 Å². The van der Waals surface area contributed by atoms with E-state index in [1.807, 2.05) is 84.3 Å². The third-order valence-corrected chi connectivity index (χ3v) is 6.19. The van der Waals surface area contributed by atoms with E-state index >= 15 is 0 Å². The van der Waals surface area contributed by atoms with Gasteiger partial charge in [0.2, 0.25) is 5.91 Å². The van der Waals surface area contributed by atoms with Crippen LogP contribution in [0.3, 0.4) is 0 Å². The van der Waals surface area contributed by atoms with Gasteiger partial charge in [-0.2, -0.15) is 0 Å². The highest BCUT2D eigenvalue weighted by atomic mass is 79.9. The van der Waals surface area contributed by atoms with E-state index in [-0.39, 0.29) is 11.7 Å². The molecule has 1 amide bonds. The van der Waals surface area contributed by atoms with Crippen LogP contribution in [0.2, 0.25) is 0 Å². The number of methoxy groups -OCH3 is 1. The predicted molar refractivity (Wildman–Crippen MR) is 132 cm³/mol. The van der Waals surface area contributed by atoms with Gasteiger partial charge < -0.3 is 10.1 Å². The van der Waals surface area contributed by atoms with Gasteiger partial charge in [0, 0.05) is 21.4 Å². The van der Waals surface area contributed by atoms with Crippen molar-refractivity contribution in [1.29, 1.82) is 0 Å². The van der Waals surface area contributed by atoms with Crippen molar-refractivity contribution in [2.24, 2.45) is 0 Å². The summed E-state index contributed by atoms with van der Waals surface area (Å²) in [6.45, 7) is 1.96. The third-order valence-electron chi connectivity index (χ3n) is 4.77. The maximum atomic E-state index is 12.6. The number of carbonyl (C=O) groups is 1. The zero-order chi connectivity index (χ0) is 22.5. The molecule has 162 valence electrons. The number of thioether (sulfide) groups is 1. The second-order valence-electron chi connectivity index (χ2n) is 7.01. The molecule has 0 unspecified atom stereocenters. The molecule has 4 aromatic rings. The van der Waals surface area contributed by atoms with E-state index in [1.54, 1.807) is 7.11 Å². The quantitative estimate of drug-likeness (QED) is 0.322. The molecule has 1 heterocycles. The van der Waals surface area contributed by atoms with Crippen LogP contribution in [-0.2, 0) is 4.79 Å². The van der Waals surface area contributed by atoms with Gasteiger partial charge in [-0.05, 0) is 55.0 Å². The van der Waals surface area contributed by atoms with Crippen molar-refractivity contribution in [3.8, 4) is 22.8 Å². The van der Waals surface area contributed by atoms with Crippen LogP contribution in [0.1, 0.15) is 5.56 Å². The Bertz CT molecular complexity index is 1240. The molecule has 0 saturated heterocycles. The molecule has 0 aliphatic rings.